The van der Waals surface area contributed by atoms with E-state index < -0.39 is 11.6 Å². The number of rotatable bonds is 2. The lowest BCUT2D eigenvalue weighted by Crippen LogP contribution is -2.00. The highest BCUT2D eigenvalue weighted by molar-refractivity contribution is 6.29. The fraction of sp³-hybridized carbons (Fsp3) is 0.0833. The zero-order valence-corrected chi connectivity index (χ0v) is 10.3. The van der Waals surface area contributed by atoms with E-state index in [9.17, 15) is 8.78 Å². The average molecular weight is 281 g/mol. The summed E-state index contributed by atoms with van der Waals surface area (Å²) in [6.45, 7) is 0. The number of fused-ring (bicyclic) bond motifs is 1. The van der Waals surface area contributed by atoms with Crippen molar-refractivity contribution >= 4 is 17.2 Å². The molecule has 0 aliphatic carbocycles. The van der Waals surface area contributed by atoms with Gasteiger partial charge in [0.1, 0.15) is 17.3 Å². The molecule has 0 unspecified atom stereocenters. The Balaban J connectivity index is 2.04. The Hall–Kier alpha value is -2.08. The van der Waals surface area contributed by atoms with E-state index in [4.69, 9.17) is 11.6 Å². The molecule has 2 aromatic heterocycles. The number of hydrogen-bond acceptors (Lipinski definition) is 3. The molecule has 0 atom stereocenters. The summed E-state index contributed by atoms with van der Waals surface area (Å²) in [4.78, 5) is 3.90. The van der Waals surface area contributed by atoms with Gasteiger partial charge in [0.15, 0.2) is 17.3 Å². The summed E-state index contributed by atoms with van der Waals surface area (Å²) in [5, 5.41) is 8.12. The number of benzene rings is 1. The Morgan fingerprint density at radius 1 is 1.21 bits per heavy atom. The van der Waals surface area contributed by atoms with Gasteiger partial charge in [-0.3, -0.25) is 4.40 Å². The van der Waals surface area contributed by atoms with Gasteiger partial charge < -0.3 is 0 Å². The first-order valence-corrected chi connectivity index (χ1v) is 5.81. The summed E-state index contributed by atoms with van der Waals surface area (Å²) in [5.74, 6) is -1.29. The van der Waals surface area contributed by atoms with Gasteiger partial charge >= 0.3 is 0 Å². The third-order valence-electron chi connectivity index (χ3n) is 2.72. The van der Waals surface area contributed by atoms with Crippen molar-refractivity contribution in [1.82, 2.24) is 19.6 Å². The quantitative estimate of drug-likeness (QED) is 0.678. The topological polar surface area (TPSA) is 43.1 Å². The number of hydrogen-bond donors (Lipinski definition) is 0. The largest absolute Gasteiger partial charge is 0.269 e. The van der Waals surface area contributed by atoms with Gasteiger partial charge in [0, 0.05) is 12.5 Å². The molecule has 96 valence electrons. The van der Waals surface area contributed by atoms with E-state index in [0.717, 1.165) is 6.07 Å². The van der Waals surface area contributed by atoms with Gasteiger partial charge in [-0.1, -0.05) is 23.7 Å². The number of nitrogens with zero attached hydrogens (tertiary/aromatic N) is 4. The van der Waals surface area contributed by atoms with Gasteiger partial charge in [0.25, 0.3) is 0 Å². The van der Waals surface area contributed by atoms with Crippen molar-refractivity contribution in [3.63, 3.8) is 0 Å². The molecule has 0 fully saturated rings. The minimum atomic E-state index is -0.882. The molecule has 2 heterocycles. The van der Waals surface area contributed by atoms with Crippen LogP contribution in [0, 0.1) is 11.6 Å². The van der Waals surface area contributed by atoms with Gasteiger partial charge in [0.05, 0.1) is 0 Å². The summed E-state index contributed by atoms with van der Waals surface area (Å²) >= 11 is 5.73. The summed E-state index contributed by atoms with van der Waals surface area (Å²) in [7, 11) is 0. The standard InChI is InChI=1S/C12H7ClF2N4/c13-9-5-11-18-17-10(19(11)6-16-9)4-7-2-1-3-8(14)12(7)15/h1-3,5-6H,4H2. The van der Waals surface area contributed by atoms with Gasteiger partial charge in [0.2, 0.25) is 0 Å². The number of halogens is 3. The Kier molecular flexibility index (Phi) is 2.87. The highest BCUT2D eigenvalue weighted by atomic mass is 35.5. The summed E-state index contributed by atoms with van der Waals surface area (Å²) in [6, 6.07) is 5.57. The van der Waals surface area contributed by atoms with Crippen molar-refractivity contribution in [3.8, 4) is 0 Å². The van der Waals surface area contributed by atoms with Crippen LogP contribution in [-0.2, 0) is 6.42 Å². The van der Waals surface area contributed by atoms with Gasteiger partial charge in [-0.25, -0.2) is 13.8 Å². The normalized spacial score (nSPS) is 11.1. The SMILES string of the molecule is Fc1cccc(Cc2nnc3cc(Cl)ncn23)c1F. The van der Waals surface area contributed by atoms with Crippen molar-refractivity contribution in [2.45, 2.75) is 6.42 Å². The maximum Gasteiger partial charge on any atom is 0.165 e. The van der Waals surface area contributed by atoms with Gasteiger partial charge in [-0.2, -0.15) is 0 Å². The third-order valence-corrected chi connectivity index (χ3v) is 2.92. The molecule has 0 spiro atoms. The summed E-state index contributed by atoms with van der Waals surface area (Å²) < 4.78 is 28.3. The summed E-state index contributed by atoms with van der Waals surface area (Å²) in [5.41, 5.74) is 0.719. The molecule has 0 radical (unpaired) electrons. The van der Waals surface area contributed by atoms with E-state index in [0.29, 0.717) is 16.6 Å². The van der Waals surface area contributed by atoms with Crippen molar-refractivity contribution in [1.29, 1.82) is 0 Å². The van der Waals surface area contributed by atoms with Crippen LogP contribution in [0.1, 0.15) is 11.4 Å². The Morgan fingerprint density at radius 2 is 2.05 bits per heavy atom. The van der Waals surface area contributed by atoms with E-state index in [-0.39, 0.29) is 12.0 Å². The molecule has 7 heteroatoms. The predicted molar refractivity (Wildman–Crippen MR) is 65.0 cm³/mol. The Labute approximate surface area is 111 Å². The van der Waals surface area contributed by atoms with Gasteiger partial charge in [-0.05, 0) is 11.6 Å². The van der Waals surface area contributed by atoms with E-state index in [1.54, 1.807) is 10.5 Å². The minimum Gasteiger partial charge on any atom is -0.269 e. The molecular weight excluding hydrogens is 274 g/mol. The molecule has 0 amide bonds. The molecule has 0 aliphatic rings. The van der Waals surface area contributed by atoms with Crippen LogP contribution < -0.4 is 0 Å². The first kappa shape index (κ1) is 12.0. The summed E-state index contributed by atoms with van der Waals surface area (Å²) in [6.07, 6.45) is 1.57. The van der Waals surface area contributed by atoms with E-state index >= 15 is 0 Å². The maximum atomic E-state index is 13.6. The van der Waals surface area contributed by atoms with Crippen molar-refractivity contribution in [2.24, 2.45) is 0 Å². The third kappa shape index (κ3) is 2.15. The zero-order valence-electron chi connectivity index (χ0n) is 9.52. The lowest BCUT2D eigenvalue weighted by molar-refractivity contribution is 0.500. The van der Waals surface area contributed by atoms with Gasteiger partial charge in [-0.15, -0.1) is 10.2 Å². The van der Waals surface area contributed by atoms with Crippen LogP contribution in [0.2, 0.25) is 5.15 Å². The Bertz CT molecular complexity index is 757. The minimum absolute atomic E-state index is 0.119. The molecule has 0 bridgehead atoms. The van der Waals surface area contributed by atoms with E-state index in [1.807, 2.05) is 0 Å². The monoisotopic (exact) mass is 280 g/mol. The molecule has 19 heavy (non-hydrogen) atoms. The Morgan fingerprint density at radius 3 is 2.89 bits per heavy atom. The first-order chi connectivity index (χ1) is 9.15. The average Bonchev–Trinajstić information content (AvgIpc) is 2.77. The fourth-order valence-corrected chi connectivity index (χ4v) is 1.94. The number of aromatic nitrogens is 4. The van der Waals surface area contributed by atoms with Crippen LogP contribution in [0.15, 0.2) is 30.6 Å². The highest BCUT2D eigenvalue weighted by Crippen LogP contribution is 2.16. The van der Waals surface area contributed by atoms with Crippen molar-refractivity contribution < 1.29 is 8.78 Å². The van der Waals surface area contributed by atoms with Crippen molar-refractivity contribution in [3.05, 3.63) is 58.8 Å². The second-order valence-electron chi connectivity index (χ2n) is 3.95. The van der Waals surface area contributed by atoms with E-state index in [2.05, 4.69) is 15.2 Å². The second-order valence-corrected chi connectivity index (χ2v) is 4.33. The maximum absolute atomic E-state index is 13.6. The molecular formula is C12H7ClF2N4. The van der Waals surface area contributed by atoms with E-state index in [1.165, 1.54) is 18.5 Å². The zero-order chi connectivity index (χ0) is 13.4. The molecule has 0 N–H and O–H groups in total. The van der Waals surface area contributed by atoms with Crippen LogP contribution >= 0.6 is 11.6 Å². The predicted octanol–water partition coefficient (Wildman–Crippen LogP) is 2.65. The van der Waals surface area contributed by atoms with Crippen LogP contribution in [0.3, 0.4) is 0 Å². The molecule has 0 saturated heterocycles. The van der Waals surface area contributed by atoms with Crippen LogP contribution in [0.25, 0.3) is 5.65 Å². The molecule has 3 rings (SSSR count). The molecule has 1 aromatic carbocycles. The fourth-order valence-electron chi connectivity index (χ4n) is 1.79. The molecule has 3 aromatic rings. The molecule has 4 nitrogen and oxygen atoms in total. The molecule has 0 aliphatic heterocycles. The van der Waals surface area contributed by atoms with Crippen LogP contribution in [0.4, 0.5) is 8.78 Å². The first-order valence-electron chi connectivity index (χ1n) is 5.43. The highest BCUT2D eigenvalue weighted by Gasteiger charge is 2.12. The van der Waals surface area contributed by atoms with Crippen LogP contribution in [-0.4, -0.2) is 19.6 Å². The lowest BCUT2D eigenvalue weighted by Gasteiger charge is -2.02. The van der Waals surface area contributed by atoms with Crippen LogP contribution in [0.5, 0.6) is 0 Å². The smallest absolute Gasteiger partial charge is 0.165 e. The lowest BCUT2D eigenvalue weighted by atomic mass is 10.1. The van der Waals surface area contributed by atoms with Crippen molar-refractivity contribution in [2.75, 3.05) is 0 Å². The second kappa shape index (κ2) is 4.55. The molecule has 0 saturated carbocycles.